The molecule has 0 aliphatic heterocycles. The molecular formula is C11H21N2O3-. The van der Waals surface area contributed by atoms with E-state index >= 15 is 0 Å². The van der Waals surface area contributed by atoms with E-state index in [4.69, 9.17) is 0 Å². The second-order valence-electron chi connectivity index (χ2n) is 4.75. The van der Waals surface area contributed by atoms with Crippen LogP contribution in [0, 0.1) is 11.8 Å². The molecule has 0 saturated carbocycles. The first-order valence-electron chi connectivity index (χ1n) is 5.58. The van der Waals surface area contributed by atoms with Gasteiger partial charge in [0, 0.05) is 6.54 Å². The van der Waals surface area contributed by atoms with Crippen molar-refractivity contribution in [3.63, 3.8) is 0 Å². The number of carboxylic acid groups (broad SMARTS) is 1. The summed E-state index contributed by atoms with van der Waals surface area (Å²) in [5, 5.41) is 15.7. The quantitative estimate of drug-likeness (QED) is 0.678. The zero-order chi connectivity index (χ0) is 12.7. The van der Waals surface area contributed by atoms with Gasteiger partial charge < -0.3 is 20.5 Å². The van der Waals surface area contributed by atoms with Crippen LogP contribution >= 0.6 is 0 Å². The van der Waals surface area contributed by atoms with Gasteiger partial charge in [-0.3, -0.25) is 0 Å². The van der Waals surface area contributed by atoms with E-state index in [1.54, 1.807) is 0 Å². The van der Waals surface area contributed by atoms with Crippen molar-refractivity contribution in [2.24, 2.45) is 11.8 Å². The summed E-state index contributed by atoms with van der Waals surface area (Å²) >= 11 is 0. The summed E-state index contributed by atoms with van der Waals surface area (Å²) in [5.41, 5.74) is 0. The molecule has 0 aromatic carbocycles. The van der Waals surface area contributed by atoms with Gasteiger partial charge in [0.05, 0.1) is 12.0 Å². The van der Waals surface area contributed by atoms with Crippen molar-refractivity contribution < 1.29 is 14.7 Å². The summed E-state index contributed by atoms with van der Waals surface area (Å²) in [5.74, 6) is -0.723. The summed E-state index contributed by atoms with van der Waals surface area (Å²) in [6, 6.07) is -1.38. The molecular weight excluding hydrogens is 208 g/mol. The predicted molar refractivity (Wildman–Crippen MR) is 59.6 cm³/mol. The lowest BCUT2D eigenvalue weighted by atomic mass is 10.0. The van der Waals surface area contributed by atoms with Gasteiger partial charge in [-0.05, 0) is 18.3 Å². The van der Waals surface area contributed by atoms with Crippen molar-refractivity contribution in [2.45, 2.75) is 40.2 Å². The zero-order valence-electron chi connectivity index (χ0n) is 10.4. The number of rotatable bonds is 6. The highest BCUT2D eigenvalue weighted by Crippen LogP contribution is 2.03. The van der Waals surface area contributed by atoms with Crippen LogP contribution in [-0.4, -0.2) is 24.6 Å². The molecule has 0 unspecified atom stereocenters. The van der Waals surface area contributed by atoms with Gasteiger partial charge in [0.15, 0.2) is 0 Å². The number of carbonyl (C=O) groups is 2. The third kappa shape index (κ3) is 7.09. The smallest absolute Gasteiger partial charge is 0.315 e. The van der Waals surface area contributed by atoms with E-state index in [0.29, 0.717) is 18.9 Å². The Morgan fingerprint density at radius 2 is 1.69 bits per heavy atom. The molecule has 5 nitrogen and oxygen atoms in total. The molecule has 0 aromatic rings. The van der Waals surface area contributed by atoms with Crippen molar-refractivity contribution in [1.82, 2.24) is 10.6 Å². The molecule has 5 heteroatoms. The van der Waals surface area contributed by atoms with Gasteiger partial charge in [-0.1, -0.05) is 27.7 Å². The average Bonchev–Trinajstić information content (AvgIpc) is 2.12. The fraction of sp³-hybridized carbons (Fsp3) is 0.818. The lowest BCUT2D eigenvalue weighted by Gasteiger charge is -2.22. The molecule has 0 bridgehead atoms. The van der Waals surface area contributed by atoms with E-state index in [2.05, 4.69) is 10.6 Å². The van der Waals surface area contributed by atoms with Crippen molar-refractivity contribution in [2.75, 3.05) is 6.54 Å². The fourth-order valence-electron chi connectivity index (χ4n) is 1.19. The first-order valence-corrected chi connectivity index (χ1v) is 5.58. The van der Waals surface area contributed by atoms with E-state index < -0.39 is 18.0 Å². The molecule has 0 radical (unpaired) electrons. The topological polar surface area (TPSA) is 81.3 Å². The van der Waals surface area contributed by atoms with Gasteiger partial charge in [-0.25, -0.2) is 4.79 Å². The summed E-state index contributed by atoms with van der Waals surface area (Å²) in [4.78, 5) is 22.1. The van der Waals surface area contributed by atoms with E-state index in [-0.39, 0.29) is 5.92 Å². The normalized spacial score (nSPS) is 12.6. The highest BCUT2D eigenvalue weighted by atomic mass is 16.4. The molecule has 0 rings (SSSR count). The van der Waals surface area contributed by atoms with Crippen LogP contribution in [0.15, 0.2) is 0 Å². The second-order valence-corrected chi connectivity index (χ2v) is 4.75. The summed E-state index contributed by atoms with van der Waals surface area (Å²) < 4.78 is 0. The Labute approximate surface area is 96.6 Å². The number of carboxylic acids is 1. The number of hydrogen-bond acceptors (Lipinski definition) is 3. The minimum Gasteiger partial charge on any atom is -0.548 e. The molecule has 0 fully saturated rings. The second kappa shape index (κ2) is 7.09. The molecule has 0 aliphatic rings. The Hall–Kier alpha value is -1.26. The largest absolute Gasteiger partial charge is 0.548 e. The molecule has 0 heterocycles. The van der Waals surface area contributed by atoms with Crippen LogP contribution in [0.2, 0.25) is 0 Å². The molecule has 16 heavy (non-hydrogen) atoms. The molecule has 0 aromatic heterocycles. The molecule has 2 amide bonds. The molecule has 0 saturated heterocycles. The minimum atomic E-state index is -1.24. The first-order chi connectivity index (χ1) is 7.32. The van der Waals surface area contributed by atoms with E-state index in [1.165, 1.54) is 0 Å². The van der Waals surface area contributed by atoms with Crippen LogP contribution in [0.4, 0.5) is 4.79 Å². The van der Waals surface area contributed by atoms with Gasteiger partial charge >= 0.3 is 6.03 Å². The number of urea groups is 1. The summed E-state index contributed by atoms with van der Waals surface area (Å²) in [6.45, 7) is 8.23. The van der Waals surface area contributed by atoms with Crippen molar-refractivity contribution in [1.29, 1.82) is 0 Å². The van der Waals surface area contributed by atoms with E-state index in [0.717, 1.165) is 0 Å². The lowest BCUT2D eigenvalue weighted by Crippen LogP contribution is -2.51. The standard InChI is InChI=1S/C11H22N2O3/c1-7(2)5-9(10(14)15)13-11(16)12-6-8(3)4/h7-9H,5-6H2,1-4H3,(H,14,15)(H2,12,13,16)/p-1/t9-/m0/s1. The predicted octanol–water partition coefficient (Wildman–Crippen LogP) is 0.106. The zero-order valence-corrected chi connectivity index (χ0v) is 10.4. The fourth-order valence-corrected chi connectivity index (χ4v) is 1.19. The van der Waals surface area contributed by atoms with Crippen LogP contribution < -0.4 is 15.7 Å². The SMILES string of the molecule is CC(C)CNC(=O)N[C@@H](CC(C)C)C(=O)[O-]. The summed E-state index contributed by atoms with van der Waals surface area (Å²) in [6.07, 6.45) is 0.372. The third-order valence-corrected chi connectivity index (χ3v) is 1.97. The lowest BCUT2D eigenvalue weighted by molar-refractivity contribution is -0.308. The Kier molecular flexibility index (Phi) is 6.53. The van der Waals surface area contributed by atoms with Crippen molar-refractivity contribution in [3.8, 4) is 0 Å². The van der Waals surface area contributed by atoms with Gasteiger partial charge in [-0.15, -0.1) is 0 Å². The third-order valence-electron chi connectivity index (χ3n) is 1.97. The minimum absolute atomic E-state index is 0.188. The number of nitrogens with one attached hydrogen (secondary N) is 2. The van der Waals surface area contributed by atoms with Crippen LogP contribution in [0.25, 0.3) is 0 Å². The van der Waals surface area contributed by atoms with Crippen molar-refractivity contribution >= 4 is 12.0 Å². The van der Waals surface area contributed by atoms with Crippen LogP contribution in [0.1, 0.15) is 34.1 Å². The maximum Gasteiger partial charge on any atom is 0.315 e. The first kappa shape index (κ1) is 14.7. The average molecular weight is 229 g/mol. The number of carbonyl (C=O) groups excluding carboxylic acids is 2. The number of hydrogen-bond donors (Lipinski definition) is 2. The molecule has 0 spiro atoms. The maximum atomic E-state index is 11.3. The Balaban J connectivity index is 4.08. The maximum absolute atomic E-state index is 11.3. The molecule has 1 atom stereocenters. The van der Waals surface area contributed by atoms with Crippen LogP contribution in [0.5, 0.6) is 0 Å². The van der Waals surface area contributed by atoms with E-state index in [9.17, 15) is 14.7 Å². The highest BCUT2D eigenvalue weighted by Gasteiger charge is 2.14. The Morgan fingerprint density at radius 3 is 2.06 bits per heavy atom. The molecule has 0 aliphatic carbocycles. The van der Waals surface area contributed by atoms with Gasteiger partial charge in [-0.2, -0.15) is 0 Å². The highest BCUT2D eigenvalue weighted by molar-refractivity contribution is 5.81. The van der Waals surface area contributed by atoms with Crippen LogP contribution in [-0.2, 0) is 4.79 Å². The van der Waals surface area contributed by atoms with Gasteiger partial charge in [0.2, 0.25) is 0 Å². The monoisotopic (exact) mass is 229 g/mol. The van der Waals surface area contributed by atoms with Crippen molar-refractivity contribution in [3.05, 3.63) is 0 Å². The van der Waals surface area contributed by atoms with Gasteiger partial charge in [0.1, 0.15) is 0 Å². The number of amides is 2. The Bertz CT molecular complexity index is 239. The molecule has 94 valence electrons. The molecule has 2 N–H and O–H groups in total. The van der Waals surface area contributed by atoms with Crippen LogP contribution in [0.3, 0.4) is 0 Å². The number of aliphatic carboxylic acids is 1. The Morgan fingerprint density at radius 1 is 1.12 bits per heavy atom. The van der Waals surface area contributed by atoms with Gasteiger partial charge in [0.25, 0.3) is 0 Å². The summed E-state index contributed by atoms with van der Waals surface area (Å²) in [7, 11) is 0. The van der Waals surface area contributed by atoms with E-state index in [1.807, 2.05) is 27.7 Å².